The second kappa shape index (κ2) is 7.51. The van der Waals surface area contributed by atoms with Crippen LogP contribution in [0.5, 0.6) is 0 Å². The number of hydrogen-bond acceptors (Lipinski definition) is 5. The van der Waals surface area contributed by atoms with E-state index in [0.717, 1.165) is 24.2 Å². The van der Waals surface area contributed by atoms with Crippen LogP contribution in [0.4, 0.5) is 0 Å². The monoisotopic (exact) mass is 346 g/mol. The number of likely N-dealkylation sites (tertiary alicyclic amines) is 1. The predicted octanol–water partition coefficient (Wildman–Crippen LogP) is 1.46. The number of fused-ring (bicyclic) bond motifs is 1. The fourth-order valence-electron chi connectivity index (χ4n) is 3.06. The molecule has 0 aliphatic carbocycles. The highest BCUT2D eigenvalue weighted by Gasteiger charge is 2.33. The number of aromatic nitrogens is 2. The molecule has 2 aromatic rings. The third-order valence-electron chi connectivity index (χ3n) is 4.51. The molecule has 0 spiro atoms. The van der Waals surface area contributed by atoms with Crippen molar-refractivity contribution in [2.24, 2.45) is 0 Å². The molecule has 0 bridgehead atoms. The van der Waals surface area contributed by atoms with Gasteiger partial charge < -0.3 is 19.6 Å². The lowest BCUT2D eigenvalue weighted by molar-refractivity contribution is -0.216. The van der Waals surface area contributed by atoms with Crippen molar-refractivity contribution in [1.82, 2.24) is 19.6 Å². The normalized spacial score (nSPS) is 16.8. The smallest absolute Gasteiger partial charge is 0.255 e. The summed E-state index contributed by atoms with van der Waals surface area (Å²) in [4.78, 5) is 18.8. The fourth-order valence-corrected chi connectivity index (χ4v) is 3.06. The van der Waals surface area contributed by atoms with Crippen LogP contribution in [0.1, 0.15) is 41.5 Å². The Morgan fingerprint density at radius 3 is 2.96 bits per heavy atom. The van der Waals surface area contributed by atoms with Crippen molar-refractivity contribution in [1.29, 1.82) is 0 Å². The Labute approximate surface area is 147 Å². The standard InChI is InChI=1S/C18H26N4O3/c1-4-5-8-25-18(24)21-10-14(11-21)20-17(23)15-6-7-22-13(3)9-12(2)19-16(15)22/h6-7,9,14,18,24H,4-5,8,10-11H2,1-3H3,(H,20,23). The Bertz CT molecular complexity index is 752. The van der Waals surface area contributed by atoms with Gasteiger partial charge in [-0.25, -0.2) is 4.98 Å². The van der Waals surface area contributed by atoms with E-state index in [1.165, 1.54) is 0 Å². The average Bonchev–Trinajstić information content (AvgIpc) is 2.94. The second-order valence-corrected chi connectivity index (χ2v) is 6.64. The van der Waals surface area contributed by atoms with E-state index in [0.29, 0.717) is 30.9 Å². The molecule has 3 heterocycles. The van der Waals surface area contributed by atoms with E-state index in [1.54, 1.807) is 11.0 Å². The van der Waals surface area contributed by atoms with E-state index in [2.05, 4.69) is 17.2 Å². The van der Waals surface area contributed by atoms with Crippen LogP contribution in [0.2, 0.25) is 0 Å². The van der Waals surface area contributed by atoms with Crippen molar-refractivity contribution in [3.05, 3.63) is 35.3 Å². The molecule has 1 saturated heterocycles. The van der Waals surface area contributed by atoms with Crippen LogP contribution < -0.4 is 5.32 Å². The Morgan fingerprint density at radius 2 is 2.24 bits per heavy atom. The summed E-state index contributed by atoms with van der Waals surface area (Å²) < 4.78 is 7.27. The van der Waals surface area contributed by atoms with E-state index in [-0.39, 0.29) is 11.9 Å². The van der Waals surface area contributed by atoms with Gasteiger partial charge >= 0.3 is 0 Å². The molecule has 7 nitrogen and oxygen atoms in total. The molecule has 1 atom stereocenters. The van der Waals surface area contributed by atoms with Crippen LogP contribution in [-0.2, 0) is 4.74 Å². The minimum atomic E-state index is -0.887. The number of ether oxygens (including phenoxy) is 1. The molecule has 1 aliphatic rings. The minimum absolute atomic E-state index is 0.0118. The number of carbonyl (C=O) groups is 1. The number of unbranched alkanes of at least 4 members (excludes halogenated alkanes) is 1. The number of rotatable bonds is 7. The summed E-state index contributed by atoms with van der Waals surface area (Å²) >= 11 is 0. The Hall–Kier alpha value is -1.96. The number of hydrogen-bond donors (Lipinski definition) is 2. The van der Waals surface area contributed by atoms with E-state index in [9.17, 15) is 9.90 Å². The van der Waals surface area contributed by atoms with E-state index in [4.69, 9.17) is 4.74 Å². The topological polar surface area (TPSA) is 79.1 Å². The molecule has 3 rings (SSSR count). The van der Waals surface area contributed by atoms with Crippen molar-refractivity contribution in [3.8, 4) is 0 Å². The van der Waals surface area contributed by atoms with Crippen LogP contribution in [0.25, 0.3) is 5.65 Å². The first-order chi connectivity index (χ1) is 12.0. The van der Waals surface area contributed by atoms with Gasteiger partial charge in [-0.15, -0.1) is 0 Å². The fraction of sp³-hybridized carbons (Fsp3) is 0.556. The summed E-state index contributed by atoms with van der Waals surface area (Å²) in [7, 11) is 0. The number of aryl methyl sites for hydroxylation is 2. The molecule has 2 aromatic heterocycles. The largest absolute Gasteiger partial charge is 0.356 e. The van der Waals surface area contributed by atoms with Gasteiger partial charge in [0.1, 0.15) is 5.65 Å². The van der Waals surface area contributed by atoms with Crippen LogP contribution in [0.3, 0.4) is 0 Å². The van der Waals surface area contributed by atoms with Gasteiger partial charge in [0.25, 0.3) is 5.91 Å². The van der Waals surface area contributed by atoms with Gasteiger partial charge in [0, 0.05) is 30.7 Å². The second-order valence-electron chi connectivity index (χ2n) is 6.64. The number of carbonyl (C=O) groups excluding carboxylic acids is 1. The zero-order chi connectivity index (χ0) is 18.0. The summed E-state index contributed by atoms with van der Waals surface area (Å²) in [5, 5.41) is 12.9. The van der Waals surface area contributed by atoms with E-state index < -0.39 is 6.41 Å². The number of nitrogens with one attached hydrogen (secondary N) is 1. The van der Waals surface area contributed by atoms with Crippen molar-refractivity contribution in [2.45, 2.75) is 46.1 Å². The molecule has 7 heteroatoms. The van der Waals surface area contributed by atoms with Gasteiger partial charge in [-0.3, -0.25) is 9.69 Å². The molecule has 2 N–H and O–H groups in total. The molecule has 1 unspecified atom stereocenters. The highest BCUT2D eigenvalue weighted by molar-refractivity contribution is 6.00. The van der Waals surface area contributed by atoms with Crippen LogP contribution >= 0.6 is 0 Å². The first-order valence-electron chi connectivity index (χ1n) is 8.79. The predicted molar refractivity (Wildman–Crippen MR) is 94.4 cm³/mol. The Kier molecular flexibility index (Phi) is 5.36. The van der Waals surface area contributed by atoms with Gasteiger partial charge in [0.2, 0.25) is 6.41 Å². The molecular weight excluding hydrogens is 320 g/mol. The Morgan fingerprint density at radius 1 is 1.48 bits per heavy atom. The highest BCUT2D eigenvalue weighted by atomic mass is 16.6. The van der Waals surface area contributed by atoms with Gasteiger partial charge in [0.15, 0.2) is 0 Å². The molecule has 0 aromatic carbocycles. The summed E-state index contributed by atoms with van der Waals surface area (Å²) in [5.41, 5.74) is 3.18. The molecule has 1 amide bonds. The van der Waals surface area contributed by atoms with Crippen molar-refractivity contribution < 1.29 is 14.6 Å². The third kappa shape index (κ3) is 3.84. The third-order valence-corrected chi connectivity index (χ3v) is 4.51. The molecule has 1 fully saturated rings. The van der Waals surface area contributed by atoms with Gasteiger partial charge in [-0.05, 0) is 32.4 Å². The first kappa shape index (κ1) is 17.8. The summed E-state index contributed by atoms with van der Waals surface area (Å²) in [6.07, 6.45) is 2.94. The molecule has 0 saturated carbocycles. The first-order valence-corrected chi connectivity index (χ1v) is 8.79. The summed E-state index contributed by atoms with van der Waals surface area (Å²) in [6.45, 7) is 7.70. The van der Waals surface area contributed by atoms with Gasteiger partial charge in [-0.2, -0.15) is 0 Å². The quantitative estimate of drug-likeness (QED) is 0.586. The van der Waals surface area contributed by atoms with Crippen LogP contribution in [-0.4, -0.2) is 57.5 Å². The Balaban J connectivity index is 1.56. The highest BCUT2D eigenvalue weighted by Crippen LogP contribution is 2.16. The molecule has 1 aliphatic heterocycles. The number of aliphatic hydroxyl groups excluding tert-OH is 1. The zero-order valence-electron chi connectivity index (χ0n) is 15.0. The lowest BCUT2D eigenvalue weighted by atomic mass is 10.1. The molecular formula is C18H26N4O3. The van der Waals surface area contributed by atoms with Gasteiger partial charge in [0.05, 0.1) is 18.2 Å². The number of aliphatic hydroxyl groups is 1. The lowest BCUT2D eigenvalue weighted by Gasteiger charge is -2.41. The molecule has 136 valence electrons. The molecule has 0 radical (unpaired) electrons. The summed E-state index contributed by atoms with van der Waals surface area (Å²) in [5.74, 6) is -0.133. The number of nitrogens with zero attached hydrogens (tertiary/aromatic N) is 3. The molecule has 25 heavy (non-hydrogen) atoms. The average molecular weight is 346 g/mol. The van der Waals surface area contributed by atoms with Gasteiger partial charge in [-0.1, -0.05) is 13.3 Å². The zero-order valence-corrected chi connectivity index (χ0v) is 15.0. The van der Waals surface area contributed by atoms with Crippen LogP contribution in [0.15, 0.2) is 18.3 Å². The van der Waals surface area contributed by atoms with Crippen molar-refractivity contribution in [2.75, 3.05) is 19.7 Å². The van der Waals surface area contributed by atoms with E-state index >= 15 is 0 Å². The van der Waals surface area contributed by atoms with E-state index in [1.807, 2.05) is 30.5 Å². The lowest BCUT2D eigenvalue weighted by Crippen LogP contribution is -2.62. The minimum Gasteiger partial charge on any atom is -0.356 e. The summed E-state index contributed by atoms with van der Waals surface area (Å²) in [6, 6.07) is 3.79. The van der Waals surface area contributed by atoms with Crippen molar-refractivity contribution >= 4 is 11.6 Å². The maximum absolute atomic E-state index is 12.6. The number of amides is 1. The van der Waals surface area contributed by atoms with Crippen molar-refractivity contribution in [3.63, 3.8) is 0 Å². The SMILES string of the molecule is CCCCOC(O)N1CC(NC(=O)c2ccn3c(C)cc(C)nc23)C1. The van der Waals surface area contributed by atoms with Crippen LogP contribution in [0, 0.1) is 13.8 Å². The maximum atomic E-state index is 12.6. The maximum Gasteiger partial charge on any atom is 0.255 e.